The van der Waals surface area contributed by atoms with Gasteiger partial charge in [0.2, 0.25) is 0 Å². The summed E-state index contributed by atoms with van der Waals surface area (Å²) in [4.78, 5) is 16.9. The highest BCUT2D eigenvalue weighted by atomic mass is 32.1. The number of nitrogens with one attached hydrogen (secondary N) is 1. The van der Waals surface area contributed by atoms with Gasteiger partial charge < -0.3 is 15.3 Å². The maximum atomic E-state index is 10.6. The number of hydrogen-bond donors (Lipinski definition) is 2. The Morgan fingerprint density at radius 2 is 2.29 bits per heavy atom. The summed E-state index contributed by atoms with van der Waals surface area (Å²) in [5.74, 6) is -0.976. The first-order valence-electron chi connectivity index (χ1n) is 5.82. The zero-order valence-electron chi connectivity index (χ0n) is 10.3. The number of anilines is 1. The van der Waals surface area contributed by atoms with Gasteiger partial charge in [0.1, 0.15) is 0 Å². The number of likely N-dealkylation sites (N-methyl/N-ethyl adjacent to an activating group) is 1. The molecule has 0 aliphatic heterocycles. The van der Waals surface area contributed by atoms with Crippen LogP contribution in [0, 0.1) is 0 Å². The Bertz CT molecular complexity index is 354. The lowest BCUT2D eigenvalue weighted by molar-refractivity contribution is 0.0691. The van der Waals surface area contributed by atoms with E-state index in [0.29, 0.717) is 5.13 Å². The minimum atomic E-state index is -0.976. The van der Waals surface area contributed by atoms with Gasteiger partial charge in [-0.2, -0.15) is 0 Å². The molecule has 0 aliphatic rings. The van der Waals surface area contributed by atoms with Crippen LogP contribution in [0.25, 0.3) is 0 Å². The molecule has 0 saturated carbocycles. The molecule has 96 valence electrons. The van der Waals surface area contributed by atoms with Gasteiger partial charge in [0, 0.05) is 18.5 Å². The molecule has 0 atom stereocenters. The van der Waals surface area contributed by atoms with Crippen molar-refractivity contribution in [3.8, 4) is 0 Å². The van der Waals surface area contributed by atoms with Gasteiger partial charge >= 0.3 is 5.97 Å². The second-order valence-corrected chi connectivity index (χ2v) is 4.56. The highest BCUT2D eigenvalue weighted by Crippen LogP contribution is 2.14. The fourth-order valence-corrected chi connectivity index (χ4v) is 2.23. The first-order valence-corrected chi connectivity index (χ1v) is 6.70. The van der Waals surface area contributed by atoms with Crippen molar-refractivity contribution in [1.29, 1.82) is 0 Å². The minimum absolute atomic E-state index is 0.110. The van der Waals surface area contributed by atoms with Crippen LogP contribution in [-0.4, -0.2) is 47.1 Å². The Balaban J connectivity index is 2.32. The summed E-state index contributed by atoms with van der Waals surface area (Å²) >= 11 is 1.33. The fourth-order valence-electron chi connectivity index (χ4n) is 1.52. The molecule has 0 fully saturated rings. The number of carbonyl (C=O) groups is 1. The van der Waals surface area contributed by atoms with Crippen LogP contribution < -0.4 is 5.32 Å². The molecular weight excluding hydrogens is 238 g/mol. The van der Waals surface area contributed by atoms with Crippen molar-refractivity contribution in [2.24, 2.45) is 0 Å². The Kier molecular flexibility index (Phi) is 5.93. The van der Waals surface area contributed by atoms with E-state index in [-0.39, 0.29) is 5.69 Å². The van der Waals surface area contributed by atoms with Crippen molar-refractivity contribution in [2.45, 2.75) is 20.3 Å². The molecule has 0 aromatic carbocycles. The van der Waals surface area contributed by atoms with Crippen LogP contribution in [0.5, 0.6) is 0 Å². The van der Waals surface area contributed by atoms with Gasteiger partial charge in [0.05, 0.1) is 0 Å². The van der Waals surface area contributed by atoms with Gasteiger partial charge in [0.25, 0.3) is 0 Å². The van der Waals surface area contributed by atoms with E-state index < -0.39 is 5.97 Å². The maximum Gasteiger partial charge on any atom is 0.355 e. The predicted octanol–water partition coefficient (Wildman–Crippen LogP) is 1.99. The minimum Gasteiger partial charge on any atom is -0.476 e. The number of aromatic nitrogens is 1. The summed E-state index contributed by atoms with van der Waals surface area (Å²) in [5, 5.41) is 14.1. The van der Waals surface area contributed by atoms with Gasteiger partial charge in [0.15, 0.2) is 10.8 Å². The monoisotopic (exact) mass is 257 g/mol. The molecule has 17 heavy (non-hydrogen) atoms. The summed E-state index contributed by atoms with van der Waals surface area (Å²) < 4.78 is 0. The third-order valence-corrected chi connectivity index (χ3v) is 3.21. The summed E-state index contributed by atoms with van der Waals surface area (Å²) in [7, 11) is 0. The SMILES string of the molecule is CCCN(CC)CCNc1nc(C(=O)O)cs1. The molecule has 1 aromatic heterocycles. The summed E-state index contributed by atoms with van der Waals surface area (Å²) in [6.07, 6.45) is 1.15. The van der Waals surface area contributed by atoms with E-state index in [0.717, 1.165) is 32.6 Å². The first-order chi connectivity index (χ1) is 8.17. The van der Waals surface area contributed by atoms with Crippen LogP contribution in [0.4, 0.5) is 5.13 Å². The highest BCUT2D eigenvalue weighted by Gasteiger charge is 2.08. The van der Waals surface area contributed by atoms with E-state index in [4.69, 9.17) is 5.11 Å². The molecule has 5 nitrogen and oxygen atoms in total. The molecule has 0 radical (unpaired) electrons. The zero-order valence-corrected chi connectivity index (χ0v) is 11.1. The van der Waals surface area contributed by atoms with Crippen molar-refractivity contribution in [1.82, 2.24) is 9.88 Å². The molecule has 1 rings (SSSR count). The van der Waals surface area contributed by atoms with Crippen molar-refractivity contribution < 1.29 is 9.90 Å². The van der Waals surface area contributed by atoms with Crippen molar-refractivity contribution >= 4 is 22.4 Å². The van der Waals surface area contributed by atoms with Gasteiger partial charge in [-0.3, -0.25) is 0 Å². The van der Waals surface area contributed by atoms with Crippen LogP contribution >= 0.6 is 11.3 Å². The predicted molar refractivity (Wildman–Crippen MR) is 70.0 cm³/mol. The van der Waals surface area contributed by atoms with Gasteiger partial charge in [-0.1, -0.05) is 13.8 Å². The number of carboxylic acid groups (broad SMARTS) is 1. The number of carboxylic acids is 1. The first kappa shape index (κ1) is 13.9. The lowest BCUT2D eigenvalue weighted by Crippen LogP contribution is -2.29. The van der Waals surface area contributed by atoms with Crippen molar-refractivity contribution in [2.75, 3.05) is 31.5 Å². The Labute approximate surface area is 105 Å². The third-order valence-electron chi connectivity index (χ3n) is 2.41. The molecule has 2 N–H and O–H groups in total. The molecule has 0 bridgehead atoms. The largest absolute Gasteiger partial charge is 0.476 e. The summed E-state index contributed by atoms with van der Waals surface area (Å²) in [6, 6.07) is 0. The van der Waals surface area contributed by atoms with Crippen LogP contribution in [-0.2, 0) is 0 Å². The van der Waals surface area contributed by atoms with Crippen LogP contribution in [0.3, 0.4) is 0 Å². The number of thiazole rings is 1. The van der Waals surface area contributed by atoms with Crippen molar-refractivity contribution in [3.63, 3.8) is 0 Å². The Hall–Kier alpha value is -1.14. The maximum absolute atomic E-state index is 10.6. The van der Waals surface area contributed by atoms with Crippen molar-refractivity contribution in [3.05, 3.63) is 11.1 Å². The molecule has 0 spiro atoms. The zero-order chi connectivity index (χ0) is 12.7. The molecule has 6 heteroatoms. The van der Waals surface area contributed by atoms with Crippen LogP contribution in [0.2, 0.25) is 0 Å². The molecule has 1 aromatic rings. The highest BCUT2D eigenvalue weighted by molar-refractivity contribution is 7.13. The number of rotatable bonds is 8. The summed E-state index contributed by atoms with van der Waals surface area (Å²) in [6.45, 7) is 8.18. The lowest BCUT2D eigenvalue weighted by Gasteiger charge is -2.19. The van der Waals surface area contributed by atoms with Crippen LogP contribution in [0.1, 0.15) is 30.8 Å². The van der Waals surface area contributed by atoms with Gasteiger partial charge in [-0.25, -0.2) is 9.78 Å². The second kappa shape index (κ2) is 7.24. The van der Waals surface area contributed by atoms with E-state index in [2.05, 4.69) is 29.0 Å². The van der Waals surface area contributed by atoms with Crippen LogP contribution in [0.15, 0.2) is 5.38 Å². The standard InChI is InChI=1S/C11H19N3O2S/c1-3-6-14(4-2)7-5-12-11-13-9(8-17-11)10(15)16/h8H,3-7H2,1-2H3,(H,12,13)(H,15,16). The lowest BCUT2D eigenvalue weighted by atomic mass is 10.4. The van der Waals surface area contributed by atoms with E-state index in [1.807, 2.05) is 0 Å². The molecule has 0 saturated heterocycles. The quantitative estimate of drug-likeness (QED) is 0.745. The fraction of sp³-hybridized carbons (Fsp3) is 0.636. The van der Waals surface area contributed by atoms with Gasteiger partial charge in [-0.05, 0) is 19.5 Å². The normalized spacial score (nSPS) is 10.8. The smallest absolute Gasteiger partial charge is 0.355 e. The number of aromatic carboxylic acids is 1. The van der Waals surface area contributed by atoms with E-state index in [9.17, 15) is 4.79 Å². The topological polar surface area (TPSA) is 65.5 Å². The number of nitrogens with zero attached hydrogens (tertiary/aromatic N) is 2. The van der Waals surface area contributed by atoms with E-state index in [1.54, 1.807) is 5.38 Å². The second-order valence-electron chi connectivity index (χ2n) is 3.70. The summed E-state index contributed by atoms with van der Waals surface area (Å²) in [5.41, 5.74) is 0.110. The van der Waals surface area contributed by atoms with E-state index >= 15 is 0 Å². The molecule has 0 aliphatic carbocycles. The third kappa shape index (κ3) is 4.70. The molecule has 0 unspecified atom stereocenters. The average molecular weight is 257 g/mol. The average Bonchev–Trinajstić information content (AvgIpc) is 2.77. The van der Waals surface area contributed by atoms with Gasteiger partial charge in [-0.15, -0.1) is 11.3 Å². The molecular formula is C11H19N3O2S. The Morgan fingerprint density at radius 1 is 1.53 bits per heavy atom. The number of hydrogen-bond acceptors (Lipinski definition) is 5. The molecule has 1 heterocycles. The Morgan fingerprint density at radius 3 is 2.82 bits per heavy atom. The van der Waals surface area contributed by atoms with E-state index in [1.165, 1.54) is 11.3 Å². The molecule has 0 amide bonds.